The zero-order valence-electron chi connectivity index (χ0n) is 20.8. The number of aromatic nitrogens is 5. The first-order chi connectivity index (χ1) is 17.3. The maximum Gasteiger partial charge on any atom is 0.289 e. The largest absolute Gasteiger partial charge is 0.497 e. The van der Waals surface area contributed by atoms with E-state index >= 15 is 0 Å². The van der Waals surface area contributed by atoms with Crippen LogP contribution in [0.3, 0.4) is 0 Å². The number of aromatic amines is 1. The zero-order chi connectivity index (χ0) is 25.4. The standard InChI is InChI=1S/C25H29N7O4/c1-25(2,3)32-22(27-28-29-32)21(18-14-16-7-8-17(35-4)15-19(16)26-23(18)33)30-9-11-31(12-10-30)24(34)20-6-5-13-36-20/h5-8,13-15,21H,9-12H2,1-4H3,(H,26,33)/t21-/m1/s1. The number of carbonyl (C=O) groups is 1. The first-order valence-corrected chi connectivity index (χ1v) is 11.8. The molecule has 11 nitrogen and oxygen atoms in total. The quantitative estimate of drug-likeness (QED) is 0.452. The number of hydrogen-bond donors (Lipinski definition) is 1. The molecule has 188 valence electrons. The molecule has 0 spiro atoms. The van der Waals surface area contributed by atoms with E-state index in [1.165, 1.54) is 6.26 Å². The second-order valence-corrected chi connectivity index (χ2v) is 9.83. The van der Waals surface area contributed by atoms with E-state index in [1.54, 1.807) is 34.9 Å². The van der Waals surface area contributed by atoms with Crippen molar-refractivity contribution in [2.75, 3.05) is 33.3 Å². The third-order valence-corrected chi connectivity index (χ3v) is 6.45. The summed E-state index contributed by atoms with van der Waals surface area (Å²) >= 11 is 0. The van der Waals surface area contributed by atoms with Gasteiger partial charge in [-0.05, 0) is 66.9 Å². The van der Waals surface area contributed by atoms with Gasteiger partial charge in [0.15, 0.2) is 11.6 Å². The summed E-state index contributed by atoms with van der Waals surface area (Å²) < 4.78 is 12.4. The van der Waals surface area contributed by atoms with Gasteiger partial charge < -0.3 is 19.0 Å². The summed E-state index contributed by atoms with van der Waals surface area (Å²) in [4.78, 5) is 33.1. The van der Waals surface area contributed by atoms with Crippen molar-refractivity contribution < 1.29 is 13.9 Å². The van der Waals surface area contributed by atoms with Gasteiger partial charge in [-0.15, -0.1) is 5.10 Å². The topological polar surface area (TPSA) is 122 Å². The molecule has 5 rings (SSSR count). The van der Waals surface area contributed by atoms with Gasteiger partial charge in [0, 0.05) is 37.8 Å². The molecule has 0 radical (unpaired) electrons. The molecule has 3 aromatic heterocycles. The number of nitrogens with one attached hydrogen (secondary N) is 1. The highest BCUT2D eigenvalue weighted by Gasteiger charge is 2.36. The third kappa shape index (κ3) is 4.37. The highest BCUT2D eigenvalue weighted by Crippen LogP contribution is 2.30. The lowest BCUT2D eigenvalue weighted by Crippen LogP contribution is -2.51. The summed E-state index contributed by atoms with van der Waals surface area (Å²) in [6, 6.07) is 10.3. The molecule has 1 aliphatic rings. The number of carbonyl (C=O) groups excluding carboxylic acids is 1. The number of methoxy groups -OCH3 is 1. The van der Waals surface area contributed by atoms with Crippen LogP contribution in [-0.2, 0) is 5.54 Å². The highest BCUT2D eigenvalue weighted by molar-refractivity contribution is 5.91. The minimum atomic E-state index is -0.504. The van der Waals surface area contributed by atoms with Crippen molar-refractivity contribution >= 4 is 16.8 Å². The fourth-order valence-corrected chi connectivity index (χ4v) is 4.61. The number of fused-ring (bicyclic) bond motifs is 1. The van der Waals surface area contributed by atoms with E-state index in [4.69, 9.17) is 9.15 Å². The summed E-state index contributed by atoms with van der Waals surface area (Å²) in [7, 11) is 1.59. The molecule has 4 heterocycles. The predicted octanol–water partition coefficient (Wildman–Crippen LogP) is 2.42. The van der Waals surface area contributed by atoms with Crippen molar-refractivity contribution in [3.63, 3.8) is 0 Å². The van der Waals surface area contributed by atoms with Crippen molar-refractivity contribution in [3.05, 3.63) is 70.2 Å². The summed E-state index contributed by atoms with van der Waals surface area (Å²) in [6.45, 7) is 8.08. The van der Waals surface area contributed by atoms with Gasteiger partial charge in [0.05, 0.1) is 24.4 Å². The Bertz CT molecular complexity index is 1430. The first kappa shape index (κ1) is 23.7. The first-order valence-electron chi connectivity index (χ1n) is 11.8. The molecule has 1 atom stereocenters. The van der Waals surface area contributed by atoms with E-state index < -0.39 is 11.6 Å². The summed E-state index contributed by atoms with van der Waals surface area (Å²) in [5.41, 5.74) is 0.605. The molecule has 0 unspecified atom stereocenters. The van der Waals surface area contributed by atoms with Crippen LogP contribution >= 0.6 is 0 Å². The van der Waals surface area contributed by atoms with Gasteiger partial charge in [-0.25, -0.2) is 4.68 Å². The van der Waals surface area contributed by atoms with Gasteiger partial charge in [-0.1, -0.05) is 0 Å². The molecule has 36 heavy (non-hydrogen) atoms. The lowest BCUT2D eigenvalue weighted by molar-refractivity contribution is 0.0555. The Labute approximate surface area is 207 Å². The average molecular weight is 492 g/mol. The van der Waals surface area contributed by atoms with Crippen LogP contribution in [0, 0.1) is 0 Å². The number of rotatable bonds is 5. The van der Waals surface area contributed by atoms with Crippen LogP contribution in [0.1, 0.15) is 48.8 Å². The predicted molar refractivity (Wildman–Crippen MR) is 132 cm³/mol. The van der Waals surface area contributed by atoms with Crippen LogP contribution in [0.25, 0.3) is 10.9 Å². The van der Waals surface area contributed by atoms with Gasteiger partial charge in [-0.3, -0.25) is 14.5 Å². The number of furan rings is 1. The van der Waals surface area contributed by atoms with Crippen molar-refractivity contribution in [3.8, 4) is 5.75 Å². The van der Waals surface area contributed by atoms with E-state index in [1.807, 2.05) is 39.0 Å². The van der Waals surface area contributed by atoms with Gasteiger partial charge in [0.2, 0.25) is 0 Å². The Morgan fingerprint density at radius 3 is 2.58 bits per heavy atom. The van der Waals surface area contributed by atoms with Crippen LogP contribution in [0.4, 0.5) is 0 Å². The Morgan fingerprint density at radius 1 is 1.14 bits per heavy atom. The van der Waals surface area contributed by atoms with E-state index in [9.17, 15) is 9.59 Å². The number of amides is 1. The summed E-state index contributed by atoms with van der Waals surface area (Å²) in [5.74, 6) is 1.41. The molecule has 11 heteroatoms. The maximum absolute atomic E-state index is 13.4. The number of benzene rings is 1. The van der Waals surface area contributed by atoms with E-state index in [-0.39, 0.29) is 11.5 Å². The third-order valence-electron chi connectivity index (χ3n) is 6.45. The molecule has 1 saturated heterocycles. The maximum atomic E-state index is 13.4. The number of piperazine rings is 1. The van der Waals surface area contributed by atoms with E-state index in [2.05, 4.69) is 25.4 Å². The van der Waals surface area contributed by atoms with Crippen molar-refractivity contribution in [2.45, 2.75) is 32.4 Å². The van der Waals surface area contributed by atoms with Crippen LogP contribution in [0.2, 0.25) is 0 Å². The Hall–Kier alpha value is -3.99. The van der Waals surface area contributed by atoms with Gasteiger partial charge >= 0.3 is 0 Å². The molecule has 0 bridgehead atoms. The normalized spacial score (nSPS) is 15.8. The Balaban J connectivity index is 1.53. The SMILES string of the molecule is COc1ccc2cc([C@H](c3nnnn3C(C)(C)C)N3CCN(C(=O)c4ccco4)CC3)c(=O)[nH]c2c1. The number of pyridine rings is 1. The monoisotopic (exact) mass is 491 g/mol. The van der Waals surface area contributed by atoms with Crippen LogP contribution in [0.15, 0.2) is 51.9 Å². The molecule has 1 amide bonds. The van der Waals surface area contributed by atoms with Crippen LogP contribution in [0.5, 0.6) is 5.75 Å². The summed E-state index contributed by atoms with van der Waals surface area (Å²) in [5, 5.41) is 13.4. The van der Waals surface area contributed by atoms with Crippen molar-refractivity contribution in [1.82, 2.24) is 35.0 Å². The highest BCUT2D eigenvalue weighted by atomic mass is 16.5. The number of nitrogens with zero attached hydrogens (tertiary/aromatic N) is 6. The molecular weight excluding hydrogens is 462 g/mol. The molecule has 1 aliphatic heterocycles. The molecule has 0 saturated carbocycles. The second-order valence-electron chi connectivity index (χ2n) is 9.83. The molecule has 4 aromatic rings. The smallest absolute Gasteiger partial charge is 0.289 e. The molecular formula is C25H29N7O4. The number of ether oxygens (including phenoxy) is 1. The zero-order valence-corrected chi connectivity index (χ0v) is 20.8. The molecule has 1 N–H and O–H groups in total. The Kier molecular flexibility index (Phi) is 6.09. The minimum absolute atomic E-state index is 0.145. The lowest BCUT2D eigenvalue weighted by Gasteiger charge is -2.39. The number of tetrazole rings is 1. The van der Waals surface area contributed by atoms with Crippen molar-refractivity contribution in [1.29, 1.82) is 0 Å². The second kappa shape index (κ2) is 9.23. The fourth-order valence-electron chi connectivity index (χ4n) is 4.61. The van der Waals surface area contributed by atoms with Crippen molar-refractivity contribution in [2.24, 2.45) is 0 Å². The summed E-state index contributed by atoms with van der Waals surface area (Å²) in [6.07, 6.45) is 1.49. The van der Waals surface area contributed by atoms with Gasteiger partial charge in [0.1, 0.15) is 11.8 Å². The molecule has 1 fully saturated rings. The molecule has 1 aromatic carbocycles. The lowest BCUT2D eigenvalue weighted by atomic mass is 10.0. The van der Waals surface area contributed by atoms with Crippen LogP contribution in [-0.4, -0.2) is 74.2 Å². The Morgan fingerprint density at radius 2 is 1.92 bits per heavy atom. The number of hydrogen-bond acceptors (Lipinski definition) is 8. The van der Waals surface area contributed by atoms with E-state index in [0.717, 1.165) is 5.39 Å². The molecule has 0 aliphatic carbocycles. The van der Waals surface area contributed by atoms with Gasteiger partial charge in [0.25, 0.3) is 11.5 Å². The average Bonchev–Trinajstić information content (AvgIpc) is 3.57. The minimum Gasteiger partial charge on any atom is -0.497 e. The fraction of sp³-hybridized carbons (Fsp3) is 0.400. The van der Waals surface area contributed by atoms with Gasteiger partial charge in [-0.2, -0.15) is 0 Å². The van der Waals surface area contributed by atoms with Crippen LogP contribution < -0.4 is 10.3 Å². The van der Waals surface area contributed by atoms with E-state index in [0.29, 0.717) is 54.6 Å². The number of H-pyrrole nitrogens is 1.